The molecule has 0 saturated carbocycles. The Morgan fingerprint density at radius 2 is 2.43 bits per heavy atom. The first-order chi connectivity index (χ1) is 3.41. The van der Waals surface area contributed by atoms with Crippen molar-refractivity contribution >= 4 is 20.0 Å². The SMILES string of the molecule is OO/N=N/[N]=[V][I]. The zero-order valence-corrected chi connectivity index (χ0v) is 6.58. The topological polar surface area (TPSA) is 66.5 Å². The van der Waals surface area contributed by atoms with Crippen LogP contribution in [0.4, 0.5) is 0 Å². The molecule has 0 saturated heterocycles. The molecule has 0 aliphatic heterocycles. The van der Waals surface area contributed by atoms with Crippen molar-refractivity contribution in [3.8, 4) is 0 Å². The number of hydrogen-bond acceptors (Lipinski definition) is 4. The van der Waals surface area contributed by atoms with Crippen molar-refractivity contribution in [2.45, 2.75) is 0 Å². The third-order valence-electron chi connectivity index (χ3n) is 0.147. The van der Waals surface area contributed by atoms with Gasteiger partial charge in [-0.15, -0.1) is 0 Å². The second kappa shape index (κ2) is 6.47. The summed E-state index contributed by atoms with van der Waals surface area (Å²) in [5.74, 6) is 0. The third-order valence-corrected chi connectivity index (χ3v) is 1.17. The summed E-state index contributed by atoms with van der Waals surface area (Å²) >= 11 is 1.91. The fourth-order valence-corrected chi connectivity index (χ4v) is 0.502. The molecule has 1 N–H and O–H groups in total. The molecule has 0 amide bonds. The Balaban J connectivity index is 3.09. The molecule has 0 aromatic heterocycles. The summed E-state index contributed by atoms with van der Waals surface area (Å²) in [7, 11) is 0. The van der Waals surface area contributed by atoms with Crippen LogP contribution in [0, 0.1) is 0 Å². The molecule has 0 aliphatic rings. The molecular formula is HIN3O2V. The Hall–Kier alpha value is 0.474. The normalized spacial score (nSPS) is 11.1. The summed E-state index contributed by atoms with van der Waals surface area (Å²) in [4.78, 5) is 3.22. The van der Waals surface area contributed by atoms with Crippen LogP contribution in [-0.4, -0.2) is 5.26 Å². The minimum atomic E-state index is -0.148. The van der Waals surface area contributed by atoms with Gasteiger partial charge in [0.15, 0.2) is 0 Å². The molecule has 7 heavy (non-hydrogen) atoms. The van der Waals surface area contributed by atoms with E-state index in [-0.39, 0.29) is 12.7 Å². The van der Waals surface area contributed by atoms with Crippen LogP contribution >= 0.6 is 20.0 Å². The van der Waals surface area contributed by atoms with Gasteiger partial charge in [0.2, 0.25) is 0 Å². The van der Waals surface area contributed by atoms with E-state index < -0.39 is 0 Å². The van der Waals surface area contributed by atoms with Gasteiger partial charge in [0.25, 0.3) is 0 Å². The van der Waals surface area contributed by atoms with Crippen LogP contribution < -0.4 is 0 Å². The summed E-state index contributed by atoms with van der Waals surface area (Å²) in [6.07, 6.45) is 0. The summed E-state index contributed by atoms with van der Waals surface area (Å²) in [6, 6.07) is 0. The molecule has 0 fully saturated rings. The molecule has 0 radical (unpaired) electrons. The van der Waals surface area contributed by atoms with Gasteiger partial charge in [-0.05, 0) is 0 Å². The Bertz CT molecular complexity index is 81.0. The van der Waals surface area contributed by atoms with Gasteiger partial charge in [0.05, 0.1) is 0 Å². The van der Waals surface area contributed by atoms with Crippen molar-refractivity contribution < 1.29 is 22.9 Å². The first-order valence-corrected chi connectivity index (χ1v) is 6.26. The molecule has 7 heteroatoms. The quantitative estimate of drug-likeness (QED) is 0.349. The Kier molecular flexibility index (Phi) is 6.91. The molecule has 0 bridgehead atoms. The number of halogens is 1. The number of nitrogens with zero attached hydrogens (tertiary/aromatic N) is 3. The molecular weight excluding hydrogens is 252 g/mol. The average Bonchev–Trinajstić information content (AvgIpc) is 1.69. The van der Waals surface area contributed by atoms with Crippen molar-refractivity contribution in [1.82, 2.24) is 0 Å². The number of rotatable bonds is 2. The molecule has 0 aliphatic carbocycles. The van der Waals surface area contributed by atoms with Gasteiger partial charge in [-0.2, -0.15) is 0 Å². The number of hydrogen-bond donors (Lipinski definition) is 1. The van der Waals surface area contributed by atoms with Crippen molar-refractivity contribution in [1.29, 1.82) is 0 Å². The second-order valence-corrected chi connectivity index (χ2v) is 2.71. The van der Waals surface area contributed by atoms with E-state index in [0.717, 1.165) is 0 Å². The van der Waals surface area contributed by atoms with Gasteiger partial charge in [-0.25, -0.2) is 0 Å². The Labute approximate surface area is 57.3 Å². The molecule has 0 rings (SSSR count). The van der Waals surface area contributed by atoms with Gasteiger partial charge in [-0.3, -0.25) is 0 Å². The second-order valence-electron chi connectivity index (χ2n) is 0.418. The average molecular weight is 253 g/mol. The van der Waals surface area contributed by atoms with Crippen LogP contribution in [-0.2, 0) is 17.7 Å². The summed E-state index contributed by atoms with van der Waals surface area (Å²) < 4.78 is 3.42. The van der Waals surface area contributed by atoms with E-state index in [4.69, 9.17) is 5.26 Å². The first-order valence-electron chi connectivity index (χ1n) is 1.13. The van der Waals surface area contributed by atoms with E-state index in [1.807, 2.05) is 0 Å². The van der Waals surface area contributed by atoms with Gasteiger partial charge in [0, 0.05) is 0 Å². The van der Waals surface area contributed by atoms with E-state index in [2.05, 4.69) is 39.4 Å². The van der Waals surface area contributed by atoms with Crippen molar-refractivity contribution in [2.75, 3.05) is 0 Å². The van der Waals surface area contributed by atoms with Crippen LogP contribution in [0.25, 0.3) is 0 Å². The van der Waals surface area contributed by atoms with E-state index in [0.29, 0.717) is 0 Å². The molecule has 0 unspecified atom stereocenters. The van der Waals surface area contributed by atoms with Gasteiger partial charge < -0.3 is 0 Å². The van der Waals surface area contributed by atoms with E-state index in [1.54, 1.807) is 0 Å². The predicted molar refractivity (Wildman–Crippen MR) is 25.0 cm³/mol. The van der Waals surface area contributed by atoms with Crippen LogP contribution in [0.5, 0.6) is 0 Å². The van der Waals surface area contributed by atoms with E-state index in [1.165, 1.54) is 0 Å². The molecule has 5 nitrogen and oxygen atoms in total. The fraction of sp³-hybridized carbons (Fsp3) is 0. The van der Waals surface area contributed by atoms with Crippen molar-refractivity contribution in [3.05, 3.63) is 0 Å². The minimum absolute atomic E-state index is 0.148. The van der Waals surface area contributed by atoms with Crippen molar-refractivity contribution in [2.24, 2.45) is 14.4 Å². The predicted octanol–water partition coefficient (Wildman–Crippen LogP) is 1.37. The van der Waals surface area contributed by atoms with E-state index >= 15 is 0 Å². The van der Waals surface area contributed by atoms with Gasteiger partial charge in [0.1, 0.15) is 0 Å². The van der Waals surface area contributed by atoms with E-state index in [9.17, 15) is 0 Å². The Morgan fingerprint density at radius 1 is 1.71 bits per heavy atom. The zero-order chi connectivity index (χ0) is 5.54. The maximum absolute atomic E-state index is 7.48. The molecule has 0 atom stereocenters. The summed E-state index contributed by atoms with van der Waals surface area (Å²) in [6.45, 7) is 0. The van der Waals surface area contributed by atoms with Gasteiger partial charge in [-0.1, -0.05) is 0 Å². The third kappa shape index (κ3) is 6.47. The molecule has 0 aromatic rings. The first kappa shape index (κ1) is 7.47. The molecule has 40 valence electrons. The van der Waals surface area contributed by atoms with Crippen LogP contribution in [0.2, 0.25) is 0 Å². The maximum atomic E-state index is 7.48. The van der Waals surface area contributed by atoms with Crippen LogP contribution in [0.1, 0.15) is 0 Å². The van der Waals surface area contributed by atoms with Crippen LogP contribution in [0.3, 0.4) is 0 Å². The molecule has 0 spiro atoms. The Morgan fingerprint density at radius 3 is 2.86 bits per heavy atom. The van der Waals surface area contributed by atoms with Crippen LogP contribution in [0.15, 0.2) is 14.4 Å². The van der Waals surface area contributed by atoms with Crippen molar-refractivity contribution in [3.63, 3.8) is 0 Å². The summed E-state index contributed by atoms with van der Waals surface area (Å²) in [5.41, 5.74) is 0. The molecule has 0 aromatic carbocycles. The zero-order valence-electron chi connectivity index (χ0n) is 3.02. The fourth-order valence-electron chi connectivity index (χ4n) is 0.0478. The standard InChI is InChI=1S/HI.HN3O2.V/c;1-2-3-5-4;/h1H;4H;/q;;+1/p-1/b;3-2+;. The monoisotopic (exact) mass is 253 g/mol. The van der Waals surface area contributed by atoms with Gasteiger partial charge >= 0.3 is 57.3 Å². The molecule has 0 heterocycles. The summed E-state index contributed by atoms with van der Waals surface area (Å²) in [5, 5.41) is 13.2.